The summed E-state index contributed by atoms with van der Waals surface area (Å²) in [5.74, 6) is -4.94. The number of unbranched alkanes of at least 4 members (excludes halogenated alkanes) is 3. The highest BCUT2D eigenvalue weighted by molar-refractivity contribution is 7.99. The molecule has 0 spiro atoms. The molecule has 35 heteroatoms. The molecule has 1 fully saturated rings. The van der Waals surface area contributed by atoms with Crippen LogP contribution in [0.15, 0.2) is 407 Å². The molecular weight excluding hydrogens is 1900 g/mol. The highest BCUT2D eigenvalue weighted by Gasteiger charge is 2.23. The van der Waals surface area contributed by atoms with E-state index in [0.29, 0.717) is 103 Å². The largest absolute Gasteiger partial charge is 0.479 e. The lowest BCUT2D eigenvalue weighted by atomic mass is 9.99. The number of rotatable bonds is 32. The Morgan fingerprint density at radius 2 is 0.667 bits per heavy atom. The molecule has 0 atom stereocenters. The SMILES string of the molecule is CC(=N\OC(=O)c1ccccc1)/C(C)=N/OC(=O)c1ccccc1.CC(C)=NOC(=O)c1ccccc1.CC(C)=NOS(=O)(=O)c1ccc(C)cc1.CCCCCCS(=O)(=O)O/N=C(/C(=O)c1ccc(Sc2ccccc2)cc1)c1ccccc1.CCO/C(C)=N\OC(=O)c1ccccc1.O=C(ON=C1C=CC(=NOC(=O)c2ccccc2)C=C1)c1ccccc1.O=C(ON=C1CCCCC1)C(=O)c1ccccc1. The first-order valence-corrected chi connectivity index (χ1v) is 48.9. The summed E-state index contributed by atoms with van der Waals surface area (Å²) in [5.41, 5.74) is 8.37. The van der Waals surface area contributed by atoms with Gasteiger partial charge in [-0.2, -0.15) is 16.8 Å². The first-order chi connectivity index (χ1) is 69.4. The molecule has 0 bridgehead atoms. The monoisotopic (exact) mass is 2010 g/mol. The van der Waals surface area contributed by atoms with Crippen LogP contribution in [0.3, 0.4) is 0 Å². The first kappa shape index (κ1) is 114. The summed E-state index contributed by atoms with van der Waals surface area (Å²) in [4.78, 5) is 142. The topological polar surface area (TPSA) is 425 Å². The van der Waals surface area contributed by atoms with E-state index in [1.165, 1.54) is 18.6 Å². The van der Waals surface area contributed by atoms with Gasteiger partial charge in [0.15, 0.2) is 5.71 Å². The number of ether oxygens (including phenoxy) is 1. The third kappa shape index (κ3) is 44.6. The molecule has 2 aliphatic carbocycles. The van der Waals surface area contributed by atoms with Gasteiger partial charge in [-0.05, 0) is 238 Å². The molecule has 0 N–H and O–H groups in total. The van der Waals surface area contributed by atoms with Gasteiger partial charge in [0.05, 0.1) is 62.9 Å². The zero-order valence-corrected chi connectivity index (χ0v) is 83.3. The van der Waals surface area contributed by atoms with Gasteiger partial charge >= 0.3 is 62.0 Å². The van der Waals surface area contributed by atoms with Crippen molar-refractivity contribution in [1.82, 2.24) is 0 Å². The fourth-order valence-electron chi connectivity index (χ4n) is 11.2. The molecule has 11 aromatic carbocycles. The Morgan fingerprint density at radius 3 is 1.05 bits per heavy atom. The van der Waals surface area contributed by atoms with Crippen LogP contribution in [0.5, 0.6) is 0 Å². The van der Waals surface area contributed by atoms with Crippen LogP contribution in [0, 0.1) is 6.92 Å². The Kier molecular flexibility index (Phi) is 50.5. The summed E-state index contributed by atoms with van der Waals surface area (Å²) in [6.07, 6.45) is 14.7. The van der Waals surface area contributed by atoms with Gasteiger partial charge in [-0.15, -0.1) is 0 Å². The number of carbonyl (C=O) groups is 9. The average Bonchev–Trinajstić information content (AvgIpc) is 0.821. The van der Waals surface area contributed by atoms with Crippen molar-refractivity contribution >= 4 is 137 Å². The van der Waals surface area contributed by atoms with Crippen molar-refractivity contribution in [3.05, 3.63) is 401 Å². The quantitative estimate of drug-likeness (QED) is 0.00552. The number of ketones is 2. The van der Waals surface area contributed by atoms with E-state index in [9.17, 15) is 60.0 Å². The van der Waals surface area contributed by atoms with Crippen LogP contribution in [0.1, 0.15) is 214 Å². The van der Waals surface area contributed by atoms with Crippen molar-refractivity contribution in [1.29, 1.82) is 0 Å². The van der Waals surface area contributed by atoms with Crippen molar-refractivity contribution in [3.63, 3.8) is 0 Å². The minimum Gasteiger partial charge on any atom is -0.479 e. The second-order valence-corrected chi connectivity index (χ2v) is 35.1. The van der Waals surface area contributed by atoms with Crippen LogP contribution >= 0.6 is 11.8 Å². The van der Waals surface area contributed by atoms with E-state index in [4.69, 9.17) is 33.2 Å². The average molecular weight is 2010 g/mol. The predicted molar refractivity (Wildman–Crippen MR) is 553 cm³/mol. The van der Waals surface area contributed by atoms with Crippen molar-refractivity contribution in [2.75, 3.05) is 12.4 Å². The van der Waals surface area contributed by atoms with E-state index in [2.05, 4.69) is 67.3 Å². The molecule has 0 amide bonds. The van der Waals surface area contributed by atoms with Crippen molar-refractivity contribution in [3.8, 4) is 0 Å². The number of benzene rings is 11. The van der Waals surface area contributed by atoms with E-state index < -0.39 is 73.6 Å². The third-order valence-corrected chi connectivity index (χ3v) is 22.0. The predicted octanol–water partition coefficient (Wildman–Crippen LogP) is 22.6. The van der Waals surface area contributed by atoms with Gasteiger partial charge < -0.3 is 38.6 Å². The maximum Gasteiger partial charge on any atom is 0.405 e. The van der Waals surface area contributed by atoms with Gasteiger partial charge in [0, 0.05) is 33.4 Å². The number of carbonyl (C=O) groups excluding carboxylic acids is 9. The van der Waals surface area contributed by atoms with Crippen LogP contribution in [0.2, 0.25) is 0 Å². The molecule has 13 rings (SSSR count). The molecule has 0 heterocycles. The summed E-state index contributed by atoms with van der Waals surface area (Å²) in [7, 11) is -7.62. The third-order valence-electron chi connectivity index (χ3n) is 18.7. The molecule has 32 nitrogen and oxygen atoms in total. The highest BCUT2D eigenvalue weighted by atomic mass is 32.2. The summed E-state index contributed by atoms with van der Waals surface area (Å²) in [5, 5.41) is 33.0. The van der Waals surface area contributed by atoms with Crippen LogP contribution in [0.25, 0.3) is 0 Å². The fraction of sp³-hybridized carbons (Fsp3) is 0.193. The summed E-state index contributed by atoms with van der Waals surface area (Å²) in [6, 6.07) is 92.1. The molecule has 746 valence electrons. The maximum absolute atomic E-state index is 13.2. The highest BCUT2D eigenvalue weighted by Crippen LogP contribution is 2.28. The minimum absolute atomic E-state index is 0.0452. The van der Waals surface area contributed by atoms with E-state index in [0.717, 1.165) is 66.0 Å². The second-order valence-electron chi connectivity index (χ2n) is 30.7. The second kappa shape index (κ2) is 63.7. The van der Waals surface area contributed by atoms with Crippen molar-refractivity contribution in [2.24, 2.45) is 46.4 Å². The number of hydrogen-bond donors (Lipinski definition) is 0. The molecule has 0 unspecified atom stereocenters. The van der Waals surface area contributed by atoms with E-state index in [-0.39, 0.29) is 16.4 Å². The first-order valence-electron chi connectivity index (χ1n) is 45.1. The molecule has 0 aliphatic heterocycles. The van der Waals surface area contributed by atoms with Crippen LogP contribution in [-0.2, 0) is 72.2 Å². The number of aryl methyl sites for hydroxylation is 1. The summed E-state index contributed by atoms with van der Waals surface area (Å²) < 4.78 is 61.9. The van der Waals surface area contributed by atoms with Gasteiger partial charge in [-0.1, -0.05) is 291 Å². The fourth-order valence-corrected chi connectivity index (χ4v) is 13.7. The van der Waals surface area contributed by atoms with E-state index in [1.807, 2.05) is 74.5 Å². The lowest BCUT2D eigenvalue weighted by Crippen LogP contribution is -2.18. The van der Waals surface area contributed by atoms with E-state index >= 15 is 0 Å². The smallest absolute Gasteiger partial charge is 0.405 e. The number of oxime groups is 9. The van der Waals surface area contributed by atoms with Crippen LogP contribution < -0.4 is 0 Å². The maximum atomic E-state index is 13.2. The van der Waals surface area contributed by atoms with Gasteiger partial charge in [0.25, 0.3) is 5.78 Å². The van der Waals surface area contributed by atoms with Gasteiger partial charge in [0.1, 0.15) is 27.7 Å². The molecular formula is C109H109N9O23S3. The number of nitrogens with zero attached hydrogens (tertiary/aromatic N) is 9. The Morgan fingerprint density at radius 1 is 0.319 bits per heavy atom. The zero-order valence-electron chi connectivity index (χ0n) is 80.8. The molecule has 1 saturated carbocycles. The summed E-state index contributed by atoms with van der Waals surface area (Å²) >= 11 is 1.59. The van der Waals surface area contributed by atoms with Crippen molar-refractivity contribution in [2.45, 2.75) is 142 Å². The number of allylic oxidation sites excluding steroid dienone is 4. The molecule has 0 saturated heterocycles. The van der Waals surface area contributed by atoms with Crippen LogP contribution in [0.4, 0.5) is 0 Å². The minimum atomic E-state index is -3.87. The molecule has 0 aromatic heterocycles. The Bertz CT molecular complexity index is 6430. The molecule has 144 heavy (non-hydrogen) atoms. The lowest BCUT2D eigenvalue weighted by molar-refractivity contribution is -0.138. The molecule has 11 aromatic rings. The van der Waals surface area contributed by atoms with E-state index in [1.54, 1.807) is 333 Å². The number of Topliss-reactive ketones (excluding diaryl/α,β-unsaturated/α-hetero) is 2. The van der Waals surface area contributed by atoms with Gasteiger partial charge in [-0.25, -0.2) is 33.6 Å². The lowest BCUT2D eigenvalue weighted by Gasteiger charge is -2.10. The number of hydrogen-bond acceptors (Lipinski definition) is 33. The summed E-state index contributed by atoms with van der Waals surface area (Å²) in [6.45, 7) is 17.9. The van der Waals surface area contributed by atoms with Crippen molar-refractivity contribution < 1.29 is 107 Å². The van der Waals surface area contributed by atoms with Crippen LogP contribution in [-0.4, -0.2) is 134 Å². The Labute approximate surface area is 840 Å². The molecule has 0 radical (unpaired) electrons. The Hall–Kier alpha value is -16.8. The Balaban J connectivity index is 0.000000233. The van der Waals surface area contributed by atoms with Gasteiger partial charge in [-0.3, -0.25) is 18.2 Å². The van der Waals surface area contributed by atoms with Gasteiger partial charge in [0.2, 0.25) is 11.7 Å². The molecule has 2 aliphatic rings. The standard InChI is InChI=1S/C26H27NO4S2.C20H14N2O4.C18H16N2O4.C14H15NO3.C11H13NO3.C10H13NO3S.C10H11NO2/c1-2-3-4-11-20-33(29,30)31-27-25(21-12-7-5-8-13-21)26(28)22-16-18-24(19-17-22)32-23-14-9-6-10-15-23;23-19(15-7-3-1-4-8-15)25-21-17-11-13-18(14-12-17)22-26-20(24)16-9-5-2-6-10-16;1-13(19-23-17(21)15-9-5-3-6-10-15)14(2)20-24-18(22)16-11-7-4-8-12-16;16-13(11-7-3-1-4-8-11)14(17)18-15-12-9-5-2-6-10-12;1-3-14-9(2)12-15-11(13)10-7-5-4-6-8-10;1-8(2)11-14-15(12,13)10-6-4-9(3)5-7-10;1-8(2)11-13-10(12)9-6-4-3-5-7-9/h5-10,12-19H,2-4,11,20H2,1H3;1-14H;3-12H,1-2H3;1,3-4,7-8H,2,5-6,9-10H2;4-8H,3H2,1-2H3;4-7H,1-3H3;3-7H,1-2H3/b27-25+;;19-13+,20-14+;;12-9-;;. The zero-order chi connectivity index (χ0) is 104. The normalized spacial score (nSPS) is 11.9.